The number of carboxylic acids is 1. The van der Waals surface area contributed by atoms with Crippen LogP contribution in [0.3, 0.4) is 0 Å². The van der Waals surface area contributed by atoms with Gasteiger partial charge in [0.1, 0.15) is 18.1 Å². The van der Waals surface area contributed by atoms with Crippen molar-refractivity contribution in [2.75, 3.05) is 5.75 Å². The summed E-state index contributed by atoms with van der Waals surface area (Å²) in [5, 5.41) is 16.4. The molecule has 12 heteroatoms. The molecule has 4 atom stereocenters. The van der Waals surface area contributed by atoms with Gasteiger partial charge in [-0.05, 0) is 12.5 Å². The second kappa shape index (κ2) is 12.5. The number of carbonyl (C=O) groups excluding carboxylic acids is 4. The predicted octanol–water partition coefficient (Wildman–Crippen LogP) is -2.08. The van der Waals surface area contributed by atoms with E-state index in [4.69, 9.17) is 11.5 Å². The predicted molar refractivity (Wildman–Crippen MR) is 115 cm³/mol. The van der Waals surface area contributed by atoms with Crippen molar-refractivity contribution in [2.24, 2.45) is 11.5 Å². The number of hydrogen-bond acceptors (Lipinski definition) is 7. The van der Waals surface area contributed by atoms with Crippen LogP contribution < -0.4 is 27.4 Å². The Morgan fingerprint density at radius 1 is 0.935 bits per heavy atom. The maximum atomic E-state index is 12.6. The smallest absolute Gasteiger partial charge is 0.326 e. The molecule has 0 aliphatic carbocycles. The lowest BCUT2D eigenvalue weighted by Crippen LogP contribution is -2.58. The third kappa shape index (κ3) is 9.05. The maximum Gasteiger partial charge on any atom is 0.326 e. The number of aliphatic carboxylic acids is 1. The van der Waals surface area contributed by atoms with Crippen molar-refractivity contribution in [3.63, 3.8) is 0 Å². The molecule has 1 rings (SSSR count). The highest BCUT2D eigenvalue weighted by Crippen LogP contribution is 2.05. The molecule has 170 valence electrons. The Bertz CT molecular complexity index is 804. The fourth-order valence-corrected chi connectivity index (χ4v) is 2.76. The summed E-state index contributed by atoms with van der Waals surface area (Å²) in [4.78, 5) is 59.7. The van der Waals surface area contributed by atoms with Gasteiger partial charge in [0.2, 0.25) is 23.6 Å². The first-order chi connectivity index (χ1) is 14.5. The van der Waals surface area contributed by atoms with Crippen LogP contribution in [0.15, 0.2) is 30.3 Å². The average molecular weight is 454 g/mol. The molecule has 4 unspecified atom stereocenters. The maximum absolute atomic E-state index is 12.6. The number of nitrogens with two attached hydrogens (primary N) is 2. The second-order valence-corrected chi connectivity index (χ2v) is 7.22. The van der Waals surface area contributed by atoms with E-state index in [0.29, 0.717) is 5.56 Å². The summed E-state index contributed by atoms with van der Waals surface area (Å²) in [5.74, 6) is -4.62. The Labute approximate surface area is 184 Å². The van der Waals surface area contributed by atoms with E-state index in [1.165, 1.54) is 6.92 Å². The first-order valence-corrected chi connectivity index (χ1v) is 10.0. The molecular formula is C19H27N5O6S. The summed E-state index contributed by atoms with van der Waals surface area (Å²) in [7, 11) is 0. The Hall–Kier alpha value is -3.12. The van der Waals surface area contributed by atoms with E-state index in [0.717, 1.165) is 0 Å². The molecule has 11 nitrogen and oxygen atoms in total. The van der Waals surface area contributed by atoms with Gasteiger partial charge in [0.05, 0.1) is 12.5 Å². The molecule has 0 aliphatic heterocycles. The van der Waals surface area contributed by atoms with Gasteiger partial charge in [0.15, 0.2) is 0 Å². The SMILES string of the molecule is CC(N)C(=O)NC(CC(N)=O)C(=O)NC(CS)C(=O)NC(Cc1ccccc1)C(=O)O. The molecule has 0 aliphatic rings. The van der Waals surface area contributed by atoms with E-state index >= 15 is 0 Å². The Morgan fingerprint density at radius 2 is 1.45 bits per heavy atom. The van der Waals surface area contributed by atoms with Crippen LogP contribution in [0.25, 0.3) is 0 Å². The van der Waals surface area contributed by atoms with Crippen LogP contribution in [0.1, 0.15) is 18.9 Å². The fourth-order valence-electron chi connectivity index (χ4n) is 2.50. The zero-order valence-corrected chi connectivity index (χ0v) is 17.8. The van der Waals surface area contributed by atoms with Crippen molar-refractivity contribution in [1.29, 1.82) is 0 Å². The number of carboxylic acid groups (broad SMARTS) is 1. The largest absolute Gasteiger partial charge is 0.480 e. The van der Waals surface area contributed by atoms with E-state index in [-0.39, 0.29) is 12.2 Å². The third-order valence-corrected chi connectivity index (χ3v) is 4.53. The highest BCUT2D eigenvalue weighted by molar-refractivity contribution is 7.80. The zero-order chi connectivity index (χ0) is 23.6. The lowest BCUT2D eigenvalue weighted by Gasteiger charge is -2.23. The summed E-state index contributed by atoms with van der Waals surface area (Å²) >= 11 is 4.02. The Kier molecular flexibility index (Phi) is 10.5. The molecule has 0 saturated carbocycles. The number of thiol groups is 1. The van der Waals surface area contributed by atoms with Gasteiger partial charge in [-0.15, -0.1) is 0 Å². The number of nitrogens with one attached hydrogen (secondary N) is 3. The minimum atomic E-state index is -1.36. The number of amides is 4. The minimum Gasteiger partial charge on any atom is -0.480 e. The van der Waals surface area contributed by atoms with E-state index in [1.54, 1.807) is 30.3 Å². The van der Waals surface area contributed by atoms with Crippen LogP contribution in [0.4, 0.5) is 0 Å². The molecule has 31 heavy (non-hydrogen) atoms. The standard InChI is InChI=1S/C19H27N5O6S/c1-10(20)16(26)22-12(8-15(21)25)17(27)24-14(9-31)18(28)23-13(19(29)30)7-11-5-3-2-4-6-11/h2-6,10,12-14,31H,7-9,20H2,1H3,(H2,21,25)(H,22,26)(H,23,28)(H,24,27)(H,29,30). The summed E-state index contributed by atoms with van der Waals surface area (Å²) in [6.45, 7) is 1.39. The van der Waals surface area contributed by atoms with Gasteiger partial charge < -0.3 is 32.5 Å². The monoisotopic (exact) mass is 453 g/mol. The Morgan fingerprint density at radius 3 is 1.94 bits per heavy atom. The first kappa shape index (κ1) is 25.9. The van der Waals surface area contributed by atoms with Crippen LogP contribution in [-0.2, 0) is 30.4 Å². The average Bonchev–Trinajstić information content (AvgIpc) is 2.70. The van der Waals surface area contributed by atoms with Crippen molar-refractivity contribution in [3.8, 4) is 0 Å². The topological polar surface area (TPSA) is 194 Å². The molecule has 0 bridgehead atoms. The molecule has 1 aromatic rings. The molecule has 0 fully saturated rings. The second-order valence-electron chi connectivity index (χ2n) is 6.85. The zero-order valence-electron chi connectivity index (χ0n) is 16.9. The number of carbonyl (C=O) groups is 5. The van der Waals surface area contributed by atoms with Gasteiger partial charge in [-0.25, -0.2) is 4.79 Å². The molecule has 4 amide bonds. The molecule has 8 N–H and O–H groups in total. The summed E-state index contributed by atoms with van der Waals surface area (Å²) < 4.78 is 0. The quantitative estimate of drug-likeness (QED) is 0.176. The number of benzene rings is 1. The molecule has 0 aromatic heterocycles. The van der Waals surface area contributed by atoms with E-state index in [1.807, 2.05) is 0 Å². The van der Waals surface area contributed by atoms with Gasteiger partial charge in [-0.1, -0.05) is 30.3 Å². The minimum absolute atomic E-state index is 0.0316. The van der Waals surface area contributed by atoms with Gasteiger partial charge >= 0.3 is 5.97 Å². The molecule has 0 saturated heterocycles. The summed E-state index contributed by atoms with van der Waals surface area (Å²) in [6.07, 6.45) is -0.485. The van der Waals surface area contributed by atoms with Crippen molar-refractivity contribution >= 4 is 42.2 Å². The number of hydrogen-bond donors (Lipinski definition) is 7. The molecular weight excluding hydrogens is 426 g/mol. The highest BCUT2D eigenvalue weighted by Gasteiger charge is 2.30. The van der Waals surface area contributed by atoms with E-state index in [2.05, 4.69) is 28.6 Å². The van der Waals surface area contributed by atoms with Gasteiger partial charge in [0.25, 0.3) is 0 Å². The molecule has 0 radical (unpaired) electrons. The van der Waals surface area contributed by atoms with Gasteiger partial charge in [-0.2, -0.15) is 12.6 Å². The van der Waals surface area contributed by atoms with Gasteiger partial charge in [-0.3, -0.25) is 19.2 Å². The first-order valence-electron chi connectivity index (χ1n) is 9.37. The highest BCUT2D eigenvalue weighted by atomic mass is 32.1. The van der Waals surface area contributed by atoms with Crippen molar-refractivity contribution in [2.45, 2.75) is 43.9 Å². The normalized spacial score (nSPS) is 14.4. The number of rotatable bonds is 12. The summed E-state index contributed by atoms with van der Waals surface area (Å²) in [6, 6.07) is 3.92. The summed E-state index contributed by atoms with van der Waals surface area (Å²) in [5.41, 5.74) is 11.3. The molecule has 0 heterocycles. The van der Waals surface area contributed by atoms with Crippen molar-refractivity contribution in [3.05, 3.63) is 35.9 Å². The number of primary amides is 1. The fraction of sp³-hybridized carbons (Fsp3) is 0.421. The van der Waals surface area contributed by atoms with Crippen molar-refractivity contribution < 1.29 is 29.1 Å². The van der Waals surface area contributed by atoms with Crippen LogP contribution in [0, 0.1) is 0 Å². The van der Waals surface area contributed by atoms with Crippen LogP contribution >= 0.6 is 12.6 Å². The van der Waals surface area contributed by atoms with Gasteiger partial charge in [0, 0.05) is 12.2 Å². The Balaban J connectivity index is 2.85. The van der Waals surface area contributed by atoms with E-state index in [9.17, 15) is 29.1 Å². The molecule has 0 spiro atoms. The van der Waals surface area contributed by atoms with Crippen LogP contribution in [0.5, 0.6) is 0 Å². The lowest BCUT2D eigenvalue weighted by molar-refractivity contribution is -0.142. The van der Waals surface area contributed by atoms with Crippen molar-refractivity contribution in [1.82, 2.24) is 16.0 Å². The van der Waals surface area contributed by atoms with E-state index < -0.39 is 60.2 Å². The molecule has 1 aromatic carbocycles. The van der Waals surface area contributed by atoms with Crippen LogP contribution in [0.2, 0.25) is 0 Å². The van der Waals surface area contributed by atoms with Crippen LogP contribution in [-0.4, -0.2) is 64.6 Å². The lowest BCUT2D eigenvalue weighted by atomic mass is 10.1. The third-order valence-electron chi connectivity index (χ3n) is 4.16.